The number of non-ortho nitro benzene ring substituents is 1. The topological polar surface area (TPSA) is 110 Å². The van der Waals surface area contributed by atoms with E-state index in [-0.39, 0.29) is 35.5 Å². The summed E-state index contributed by atoms with van der Waals surface area (Å²) in [6.07, 6.45) is 0.789. The van der Waals surface area contributed by atoms with Crippen LogP contribution >= 0.6 is 0 Å². The highest BCUT2D eigenvalue weighted by Gasteiger charge is 2.33. The van der Waals surface area contributed by atoms with Crippen molar-refractivity contribution in [1.82, 2.24) is 4.31 Å². The minimum Gasteiger partial charge on any atom is -0.326 e. The molecular formula is C19H21N3O5S. The molecule has 0 spiro atoms. The number of benzene rings is 2. The first-order valence-electron chi connectivity index (χ1n) is 8.90. The molecule has 1 aliphatic rings. The van der Waals surface area contributed by atoms with Crippen LogP contribution in [0.15, 0.2) is 53.4 Å². The molecule has 9 heteroatoms. The third kappa shape index (κ3) is 4.20. The minimum atomic E-state index is -3.86. The van der Waals surface area contributed by atoms with Gasteiger partial charge in [0.1, 0.15) is 0 Å². The van der Waals surface area contributed by atoms with Crippen molar-refractivity contribution in [3.05, 3.63) is 64.2 Å². The largest absolute Gasteiger partial charge is 0.326 e. The average Bonchev–Trinajstić information content (AvgIpc) is 2.69. The smallest absolute Gasteiger partial charge is 0.270 e. The third-order valence-corrected chi connectivity index (χ3v) is 6.91. The van der Waals surface area contributed by atoms with Crippen molar-refractivity contribution in [3.63, 3.8) is 0 Å². The molecule has 1 fully saturated rings. The second-order valence-corrected chi connectivity index (χ2v) is 8.65. The van der Waals surface area contributed by atoms with E-state index < -0.39 is 14.9 Å². The molecule has 0 saturated carbocycles. The van der Waals surface area contributed by atoms with Gasteiger partial charge in [0.05, 0.1) is 9.82 Å². The lowest BCUT2D eigenvalue weighted by Gasteiger charge is -2.30. The van der Waals surface area contributed by atoms with Gasteiger partial charge in [-0.1, -0.05) is 24.3 Å². The molecule has 1 heterocycles. The predicted octanol–water partition coefficient (Wildman–Crippen LogP) is 2.94. The highest BCUT2D eigenvalue weighted by molar-refractivity contribution is 7.89. The van der Waals surface area contributed by atoms with Crippen LogP contribution in [0.25, 0.3) is 0 Å². The Morgan fingerprint density at radius 1 is 1.14 bits per heavy atom. The van der Waals surface area contributed by atoms with E-state index in [4.69, 9.17) is 0 Å². The van der Waals surface area contributed by atoms with Crippen molar-refractivity contribution in [2.24, 2.45) is 5.92 Å². The van der Waals surface area contributed by atoms with Gasteiger partial charge in [-0.2, -0.15) is 4.31 Å². The number of nitrogens with one attached hydrogen (secondary N) is 1. The van der Waals surface area contributed by atoms with Gasteiger partial charge in [-0.05, 0) is 37.5 Å². The van der Waals surface area contributed by atoms with Gasteiger partial charge < -0.3 is 5.32 Å². The van der Waals surface area contributed by atoms with E-state index in [9.17, 15) is 23.3 Å². The summed E-state index contributed by atoms with van der Waals surface area (Å²) in [6, 6.07) is 12.9. The van der Waals surface area contributed by atoms with E-state index in [1.165, 1.54) is 16.4 Å². The van der Waals surface area contributed by atoms with Gasteiger partial charge in [0.25, 0.3) is 5.69 Å². The molecule has 0 aromatic heterocycles. The van der Waals surface area contributed by atoms with Gasteiger partial charge in [-0.3, -0.25) is 14.9 Å². The fraction of sp³-hybridized carbons (Fsp3) is 0.316. The molecule has 2 aromatic rings. The highest BCUT2D eigenvalue weighted by Crippen LogP contribution is 2.28. The van der Waals surface area contributed by atoms with Crippen molar-refractivity contribution in [2.45, 2.75) is 24.7 Å². The molecule has 1 saturated heterocycles. The van der Waals surface area contributed by atoms with E-state index in [0.717, 1.165) is 6.07 Å². The Kier molecular flexibility index (Phi) is 5.76. The molecule has 0 bridgehead atoms. The van der Waals surface area contributed by atoms with Crippen LogP contribution in [0, 0.1) is 23.0 Å². The van der Waals surface area contributed by atoms with Gasteiger partial charge in [0.2, 0.25) is 15.9 Å². The Labute approximate surface area is 163 Å². The zero-order valence-electron chi connectivity index (χ0n) is 15.4. The molecule has 1 N–H and O–H groups in total. The van der Waals surface area contributed by atoms with E-state index in [1.54, 1.807) is 19.1 Å². The average molecular weight is 403 g/mol. The zero-order valence-corrected chi connectivity index (χ0v) is 16.2. The maximum absolute atomic E-state index is 13.0. The molecule has 2 aromatic carbocycles. The number of anilines is 1. The fourth-order valence-electron chi connectivity index (χ4n) is 3.24. The van der Waals surface area contributed by atoms with Crippen LogP contribution in [0.2, 0.25) is 0 Å². The van der Waals surface area contributed by atoms with E-state index >= 15 is 0 Å². The number of piperidine rings is 1. The number of carbonyl (C=O) groups excluding carboxylic acids is 1. The number of nitro benzene ring substituents is 1. The number of nitrogens with zero attached hydrogens (tertiary/aromatic N) is 2. The lowest BCUT2D eigenvalue weighted by molar-refractivity contribution is -0.385. The molecule has 28 heavy (non-hydrogen) atoms. The summed E-state index contributed by atoms with van der Waals surface area (Å²) in [5.41, 5.74) is 0.894. The number of hydrogen-bond acceptors (Lipinski definition) is 5. The van der Waals surface area contributed by atoms with E-state index in [2.05, 4.69) is 5.32 Å². The van der Waals surface area contributed by atoms with Gasteiger partial charge in [-0.15, -0.1) is 0 Å². The number of hydrogen-bond donors (Lipinski definition) is 1. The van der Waals surface area contributed by atoms with Crippen LogP contribution in [0.5, 0.6) is 0 Å². The Hall–Kier alpha value is -2.78. The second-order valence-electron chi connectivity index (χ2n) is 6.74. The molecule has 3 rings (SSSR count). The molecule has 148 valence electrons. The fourth-order valence-corrected chi connectivity index (χ4v) is 4.96. The molecule has 0 aliphatic carbocycles. The van der Waals surface area contributed by atoms with Crippen LogP contribution in [0.4, 0.5) is 11.4 Å². The molecule has 0 radical (unpaired) electrons. The molecule has 0 unspecified atom stereocenters. The van der Waals surface area contributed by atoms with Gasteiger partial charge >= 0.3 is 0 Å². The minimum absolute atomic E-state index is 0.0612. The number of para-hydroxylation sites is 1. The summed E-state index contributed by atoms with van der Waals surface area (Å²) in [5, 5.41) is 13.8. The molecule has 0 atom stereocenters. The summed E-state index contributed by atoms with van der Waals surface area (Å²) in [6.45, 7) is 1.99. The first-order valence-corrected chi connectivity index (χ1v) is 10.3. The number of rotatable bonds is 5. The van der Waals surface area contributed by atoms with Crippen molar-refractivity contribution in [1.29, 1.82) is 0 Å². The Balaban J connectivity index is 1.69. The summed E-state index contributed by atoms with van der Waals surface area (Å²) in [7, 11) is -3.86. The lowest BCUT2D eigenvalue weighted by atomic mass is 9.97. The van der Waals surface area contributed by atoms with Gasteiger partial charge in [0, 0.05) is 36.8 Å². The SMILES string of the molecule is Cc1ccc([N+](=O)[O-])cc1S(=O)(=O)N1CCC(C(=O)Nc2ccccc2)CC1. The quantitative estimate of drug-likeness (QED) is 0.610. The lowest BCUT2D eigenvalue weighted by Crippen LogP contribution is -2.41. The first kappa shape index (κ1) is 20.0. The Morgan fingerprint density at radius 2 is 1.79 bits per heavy atom. The molecule has 1 amide bonds. The number of amides is 1. The third-order valence-electron chi connectivity index (χ3n) is 4.87. The monoisotopic (exact) mass is 403 g/mol. The van der Waals surface area contributed by atoms with Crippen molar-refractivity contribution >= 4 is 27.3 Å². The van der Waals surface area contributed by atoms with Crippen LogP contribution < -0.4 is 5.32 Å². The van der Waals surface area contributed by atoms with Gasteiger partial charge in [-0.25, -0.2) is 8.42 Å². The highest BCUT2D eigenvalue weighted by atomic mass is 32.2. The van der Waals surface area contributed by atoms with Crippen molar-refractivity contribution < 1.29 is 18.1 Å². The molecular weight excluding hydrogens is 382 g/mol. The Morgan fingerprint density at radius 3 is 2.39 bits per heavy atom. The van der Waals surface area contributed by atoms with E-state index in [1.807, 2.05) is 18.2 Å². The maximum Gasteiger partial charge on any atom is 0.270 e. The number of carbonyl (C=O) groups is 1. The number of sulfonamides is 1. The van der Waals surface area contributed by atoms with Crippen LogP contribution in [0.3, 0.4) is 0 Å². The maximum atomic E-state index is 13.0. The molecule has 8 nitrogen and oxygen atoms in total. The summed E-state index contributed by atoms with van der Waals surface area (Å²) < 4.78 is 27.2. The van der Waals surface area contributed by atoms with Gasteiger partial charge in [0.15, 0.2) is 0 Å². The van der Waals surface area contributed by atoms with Crippen molar-refractivity contribution in [2.75, 3.05) is 18.4 Å². The molecule has 1 aliphatic heterocycles. The van der Waals surface area contributed by atoms with Crippen LogP contribution in [0.1, 0.15) is 18.4 Å². The summed E-state index contributed by atoms with van der Waals surface area (Å²) in [4.78, 5) is 22.7. The second kappa shape index (κ2) is 8.07. The first-order chi connectivity index (χ1) is 13.3. The number of aryl methyl sites for hydroxylation is 1. The summed E-state index contributed by atoms with van der Waals surface area (Å²) in [5.74, 6) is -0.410. The van der Waals surface area contributed by atoms with E-state index in [0.29, 0.717) is 24.1 Å². The standard InChI is InChI=1S/C19H21N3O5S/c1-14-7-8-17(22(24)25)13-18(14)28(26,27)21-11-9-15(10-12-21)19(23)20-16-5-3-2-4-6-16/h2-8,13,15H,9-12H2,1H3,(H,20,23). The Bertz CT molecular complexity index is 984. The van der Waals surface area contributed by atoms with Crippen molar-refractivity contribution in [3.8, 4) is 0 Å². The predicted molar refractivity (Wildman–Crippen MR) is 104 cm³/mol. The van der Waals surface area contributed by atoms with Crippen LogP contribution in [-0.2, 0) is 14.8 Å². The number of nitro groups is 1. The zero-order chi connectivity index (χ0) is 20.3. The summed E-state index contributed by atoms with van der Waals surface area (Å²) >= 11 is 0. The normalized spacial score (nSPS) is 15.9. The van der Waals surface area contributed by atoms with Crippen LogP contribution in [-0.4, -0.2) is 36.6 Å².